The molecule has 0 aromatic heterocycles. The Hall–Kier alpha value is -0.0600. The fraction of sp³-hybridized carbons (Fsp3) is 0.250. The molecular weight excluding hydrogens is 203 g/mol. The van der Waals surface area contributed by atoms with Gasteiger partial charge in [0, 0.05) is 0 Å². The number of rotatable bonds is 1. The van der Waals surface area contributed by atoms with Crippen molar-refractivity contribution in [2.24, 2.45) is 10.7 Å². The third-order valence-electron chi connectivity index (χ3n) is 0.436. The highest BCUT2D eigenvalue weighted by Crippen LogP contribution is 2.03. The second kappa shape index (κ2) is 4.11. The molecule has 40 valence electrons. The van der Waals surface area contributed by atoms with Gasteiger partial charge in [-0.25, -0.2) is 4.99 Å². The fourth-order valence-corrected chi connectivity index (χ4v) is 0.307. The highest BCUT2D eigenvalue weighted by molar-refractivity contribution is 14.1. The number of nitrogens with two attached hydrogens (primary N) is 1. The molecule has 0 aliphatic rings. The summed E-state index contributed by atoms with van der Waals surface area (Å²) in [6, 6.07) is 0. The molecule has 0 aliphatic heterocycles. The van der Waals surface area contributed by atoms with Crippen LogP contribution in [0.15, 0.2) is 14.8 Å². The summed E-state index contributed by atoms with van der Waals surface area (Å²) in [5, 5.41) is 0. The fourth-order valence-electron chi connectivity index (χ4n) is 0.146. The first-order chi connectivity index (χ1) is 3.31. The van der Waals surface area contributed by atoms with Crippen LogP contribution in [0.5, 0.6) is 0 Å². The molecule has 0 aromatic rings. The summed E-state index contributed by atoms with van der Waals surface area (Å²) in [5.74, 6) is 0. The van der Waals surface area contributed by atoms with E-state index in [9.17, 15) is 0 Å². The molecule has 0 aliphatic carbocycles. The standard InChI is InChI=1S/C4H7IN2/c1-2-4(5)7-3-6/h2-3H,1H3,(H2,6,7)/b4-2-. The average molecular weight is 210 g/mol. The Labute approximate surface area is 56.6 Å². The average Bonchev–Trinajstić information content (AvgIpc) is 1.68. The normalized spacial score (nSPS) is 13.1. The quantitative estimate of drug-likeness (QED) is 0.301. The highest BCUT2D eigenvalue weighted by Gasteiger charge is 1.73. The smallest absolute Gasteiger partial charge is 0.0984 e. The summed E-state index contributed by atoms with van der Waals surface area (Å²) in [7, 11) is 0. The number of halogens is 1. The minimum Gasteiger partial charge on any atom is -0.390 e. The second-order valence-electron chi connectivity index (χ2n) is 0.890. The van der Waals surface area contributed by atoms with Gasteiger partial charge in [0.05, 0.1) is 10.0 Å². The second-order valence-corrected chi connectivity index (χ2v) is 1.99. The van der Waals surface area contributed by atoms with Gasteiger partial charge in [-0.05, 0) is 29.5 Å². The molecule has 0 saturated heterocycles. The van der Waals surface area contributed by atoms with Crippen LogP contribution in [0.2, 0.25) is 0 Å². The first kappa shape index (κ1) is 6.94. The summed E-state index contributed by atoms with van der Waals surface area (Å²) in [6.45, 7) is 1.91. The van der Waals surface area contributed by atoms with Crippen LogP contribution >= 0.6 is 22.6 Å². The third kappa shape index (κ3) is 3.78. The number of nitrogens with zero attached hydrogens (tertiary/aromatic N) is 1. The lowest BCUT2D eigenvalue weighted by atomic mass is 10.7. The minimum atomic E-state index is 0.917. The molecule has 0 radical (unpaired) electrons. The van der Waals surface area contributed by atoms with Crippen molar-refractivity contribution in [3.63, 3.8) is 0 Å². The van der Waals surface area contributed by atoms with Gasteiger partial charge in [-0.3, -0.25) is 0 Å². The van der Waals surface area contributed by atoms with Crippen molar-refractivity contribution in [3.05, 3.63) is 9.78 Å². The van der Waals surface area contributed by atoms with E-state index in [1.165, 1.54) is 6.34 Å². The molecule has 0 heterocycles. The Balaban J connectivity index is 3.58. The number of allylic oxidation sites excluding steroid dienone is 1. The summed E-state index contributed by atoms with van der Waals surface area (Å²) in [5.41, 5.74) is 4.97. The van der Waals surface area contributed by atoms with E-state index in [1.54, 1.807) is 0 Å². The van der Waals surface area contributed by atoms with Gasteiger partial charge in [0.15, 0.2) is 0 Å². The predicted molar refractivity (Wildman–Crippen MR) is 40.5 cm³/mol. The Morgan fingerprint density at radius 2 is 2.43 bits per heavy atom. The topological polar surface area (TPSA) is 38.4 Å². The van der Waals surface area contributed by atoms with Crippen LogP contribution in [0.3, 0.4) is 0 Å². The van der Waals surface area contributed by atoms with Crippen molar-refractivity contribution in [2.45, 2.75) is 6.92 Å². The van der Waals surface area contributed by atoms with Crippen LogP contribution in [-0.2, 0) is 0 Å². The maximum absolute atomic E-state index is 4.97. The molecule has 2 N–H and O–H groups in total. The molecule has 7 heavy (non-hydrogen) atoms. The van der Waals surface area contributed by atoms with Gasteiger partial charge < -0.3 is 5.73 Å². The molecule has 0 rings (SSSR count). The van der Waals surface area contributed by atoms with Crippen molar-refractivity contribution in [2.75, 3.05) is 0 Å². The first-order valence-corrected chi connectivity index (χ1v) is 2.95. The lowest BCUT2D eigenvalue weighted by Gasteiger charge is -1.79. The molecule has 0 spiro atoms. The molecule has 0 amide bonds. The molecular formula is C4H7IN2. The lowest BCUT2D eigenvalue weighted by Crippen LogP contribution is -1.86. The maximum Gasteiger partial charge on any atom is 0.0984 e. The predicted octanol–water partition coefficient (Wildman–Crippen LogP) is 1.27. The molecule has 3 heteroatoms. The van der Waals surface area contributed by atoms with E-state index < -0.39 is 0 Å². The number of hydrogen-bond donors (Lipinski definition) is 1. The van der Waals surface area contributed by atoms with E-state index in [0.29, 0.717) is 0 Å². The number of aliphatic imine (C=N–C) groups is 1. The van der Waals surface area contributed by atoms with Crippen LogP contribution in [-0.4, -0.2) is 6.34 Å². The van der Waals surface area contributed by atoms with Crippen molar-refractivity contribution in [3.8, 4) is 0 Å². The van der Waals surface area contributed by atoms with E-state index >= 15 is 0 Å². The van der Waals surface area contributed by atoms with Crippen LogP contribution in [0.25, 0.3) is 0 Å². The highest BCUT2D eigenvalue weighted by atomic mass is 127. The SMILES string of the molecule is C/C=C(I)\N=C/N. The molecule has 0 bridgehead atoms. The van der Waals surface area contributed by atoms with Gasteiger partial charge in [0.2, 0.25) is 0 Å². The van der Waals surface area contributed by atoms with Gasteiger partial charge in [-0.1, -0.05) is 6.08 Å². The lowest BCUT2D eigenvalue weighted by molar-refractivity contribution is 1.50. The Kier molecular flexibility index (Phi) is 4.07. The molecule has 0 fully saturated rings. The zero-order chi connectivity index (χ0) is 5.70. The Morgan fingerprint density at radius 3 is 2.57 bits per heavy atom. The van der Waals surface area contributed by atoms with E-state index in [-0.39, 0.29) is 0 Å². The molecule has 2 nitrogen and oxygen atoms in total. The maximum atomic E-state index is 4.97. The zero-order valence-electron chi connectivity index (χ0n) is 4.06. The van der Waals surface area contributed by atoms with Gasteiger partial charge in [-0.2, -0.15) is 0 Å². The summed E-state index contributed by atoms with van der Waals surface area (Å²) in [4.78, 5) is 3.74. The van der Waals surface area contributed by atoms with Gasteiger partial charge in [0.1, 0.15) is 0 Å². The number of hydrogen-bond acceptors (Lipinski definition) is 1. The summed E-state index contributed by atoms with van der Waals surface area (Å²) < 4.78 is 0.917. The van der Waals surface area contributed by atoms with E-state index in [0.717, 1.165) is 3.70 Å². The first-order valence-electron chi connectivity index (χ1n) is 1.87. The molecule has 0 unspecified atom stereocenters. The van der Waals surface area contributed by atoms with E-state index in [2.05, 4.69) is 27.6 Å². The van der Waals surface area contributed by atoms with Crippen molar-refractivity contribution >= 4 is 28.9 Å². The van der Waals surface area contributed by atoms with Crippen molar-refractivity contribution in [1.82, 2.24) is 0 Å². The third-order valence-corrected chi connectivity index (χ3v) is 1.34. The zero-order valence-corrected chi connectivity index (χ0v) is 6.21. The van der Waals surface area contributed by atoms with Gasteiger partial charge >= 0.3 is 0 Å². The van der Waals surface area contributed by atoms with Crippen LogP contribution in [0, 0.1) is 0 Å². The van der Waals surface area contributed by atoms with Crippen LogP contribution < -0.4 is 5.73 Å². The molecule has 0 saturated carbocycles. The van der Waals surface area contributed by atoms with E-state index in [4.69, 9.17) is 5.73 Å². The molecule has 0 atom stereocenters. The Bertz CT molecular complexity index is 95.9. The summed E-state index contributed by atoms with van der Waals surface area (Å²) >= 11 is 2.09. The minimum absolute atomic E-state index is 0.917. The van der Waals surface area contributed by atoms with Gasteiger partial charge in [-0.15, -0.1) is 0 Å². The van der Waals surface area contributed by atoms with Crippen LogP contribution in [0.1, 0.15) is 6.92 Å². The molecule has 0 aromatic carbocycles. The van der Waals surface area contributed by atoms with Crippen molar-refractivity contribution < 1.29 is 0 Å². The van der Waals surface area contributed by atoms with Gasteiger partial charge in [0.25, 0.3) is 0 Å². The summed E-state index contributed by atoms with van der Waals surface area (Å²) in [6.07, 6.45) is 3.16. The van der Waals surface area contributed by atoms with E-state index in [1.807, 2.05) is 13.0 Å². The largest absolute Gasteiger partial charge is 0.390 e. The Morgan fingerprint density at radius 1 is 1.86 bits per heavy atom. The van der Waals surface area contributed by atoms with Crippen LogP contribution in [0.4, 0.5) is 0 Å². The van der Waals surface area contributed by atoms with Crippen molar-refractivity contribution in [1.29, 1.82) is 0 Å². The monoisotopic (exact) mass is 210 g/mol.